The molecule has 14 atom stereocenters. The number of carbonyl (C=O) groups is 8. The molecule has 4 aliphatic carbocycles. The van der Waals surface area contributed by atoms with Crippen LogP contribution in [0.5, 0.6) is 23.3 Å². The van der Waals surface area contributed by atoms with Gasteiger partial charge in [-0.2, -0.15) is 9.97 Å². The molecule has 8 fully saturated rings. The minimum absolute atomic E-state index is 0.0486. The average molecular weight is 1650 g/mol. The van der Waals surface area contributed by atoms with Crippen LogP contribution in [0.15, 0.2) is 72.8 Å². The zero-order chi connectivity index (χ0) is 82.7. The highest BCUT2D eigenvalue weighted by Gasteiger charge is 2.64. The van der Waals surface area contributed by atoms with Gasteiger partial charge in [0.1, 0.15) is 35.3 Å². The van der Waals surface area contributed by atoms with Crippen LogP contribution in [0, 0.1) is 58.2 Å². The Morgan fingerprint density at radius 1 is 0.534 bits per heavy atom. The number of nitrogens with zero attached hydrogens (tertiary/aromatic N) is 6. The second-order valence-electron chi connectivity index (χ2n) is 34.8. The number of rotatable bonds is 20. The highest BCUT2D eigenvalue weighted by atomic mass is 32.2. The number of morpholine rings is 2. The first-order valence-electron chi connectivity index (χ1n) is 41.8. The predicted octanol–water partition coefficient (Wildman–Crippen LogP) is 9.94. The lowest BCUT2D eigenvalue weighted by atomic mass is 9.82. The normalized spacial score (nSPS) is 30.2. The van der Waals surface area contributed by atoms with Crippen LogP contribution in [0.2, 0.25) is 0 Å². The molecule has 0 bridgehead atoms. The van der Waals surface area contributed by atoms with Crippen molar-refractivity contribution in [3.63, 3.8) is 0 Å². The fourth-order valence-electron chi connectivity index (χ4n) is 18.0. The molecule has 4 saturated carbocycles. The van der Waals surface area contributed by atoms with E-state index in [2.05, 4.69) is 33.1 Å². The Balaban J connectivity index is 0.000000202. The molecule has 2 N–H and O–H groups in total. The number of sulfonamides is 2. The van der Waals surface area contributed by atoms with Gasteiger partial charge in [-0.1, -0.05) is 52.0 Å². The smallest absolute Gasteiger partial charge is 0.306 e. The zero-order valence-electron chi connectivity index (χ0n) is 68.6. The topological polar surface area (TPSA) is 341 Å². The first-order chi connectivity index (χ1) is 55.3. The number of anilines is 2. The standard InChI is InChI=1S/2C43H58N4O10S/c2*1-26(2)56-39(49)22-35-28(4)18-27(3)8-6-7-9-30-23-43(30,42(51)45-58(52,53)33-11-12-33)24-37(48)36-21-32(25-47(36)41(35)50)57-40-34-13-10-31(54-5)19-29(34)20-38(44-40)46-14-16-55-17-15-46/h2*7,9-10,13,19-20,26-28,30,32-33,35-36H,6,8,11-12,14-18,21-25H2,1-5H3,(H,45,51)/b2*9-7-/t27-,28+,30+,32+,35-,36-,43+;27-,28-,30-,32-,35+,36+,43-/m01/s1. The molecule has 10 aliphatic rings. The molecule has 6 aliphatic heterocycles. The van der Waals surface area contributed by atoms with Gasteiger partial charge >= 0.3 is 11.9 Å². The number of pyridine rings is 2. The molecule has 2 aromatic heterocycles. The number of benzene rings is 2. The van der Waals surface area contributed by atoms with Gasteiger partial charge in [-0.3, -0.25) is 47.8 Å². The minimum atomic E-state index is -3.86. The summed E-state index contributed by atoms with van der Waals surface area (Å²) < 4.78 is 103. The lowest BCUT2D eigenvalue weighted by Gasteiger charge is -2.32. The second-order valence-corrected chi connectivity index (χ2v) is 38.7. The maximum atomic E-state index is 15.0. The predicted molar refractivity (Wildman–Crippen MR) is 434 cm³/mol. The van der Waals surface area contributed by atoms with Crippen molar-refractivity contribution in [1.82, 2.24) is 29.2 Å². The number of fused-ring (bicyclic) bond motifs is 6. The summed E-state index contributed by atoms with van der Waals surface area (Å²) in [7, 11) is -4.52. The van der Waals surface area contributed by atoms with Gasteiger partial charge in [0.15, 0.2) is 11.6 Å². The van der Waals surface area contributed by atoms with E-state index in [1.807, 2.05) is 86.7 Å². The molecule has 28 nitrogen and oxygen atoms in total. The molecule has 8 heterocycles. The molecule has 30 heteroatoms. The summed E-state index contributed by atoms with van der Waals surface area (Å²) in [4.78, 5) is 131. The van der Waals surface area contributed by atoms with Gasteiger partial charge in [-0.15, -0.1) is 0 Å². The van der Waals surface area contributed by atoms with Crippen LogP contribution < -0.4 is 38.2 Å². The fraction of sp³-hybridized carbons (Fsp3) is 0.651. The molecular weight excluding hydrogens is 1530 g/mol. The van der Waals surface area contributed by atoms with E-state index in [-0.39, 0.29) is 123 Å². The largest absolute Gasteiger partial charge is 0.497 e. The molecule has 0 unspecified atom stereocenters. The van der Waals surface area contributed by atoms with E-state index < -0.39 is 101 Å². The molecule has 4 amide bonds. The summed E-state index contributed by atoms with van der Waals surface area (Å²) in [6.07, 6.45) is 12.4. The first kappa shape index (κ1) is 85.4. The van der Waals surface area contributed by atoms with Crippen LogP contribution in [0.1, 0.15) is 171 Å². The van der Waals surface area contributed by atoms with Crippen molar-refractivity contribution in [2.24, 2.45) is 58.2 Å². The van der Waals surface area contributed by atoms with Gasteiger partial charge in [-0.25, -0.2) is 16.8 Å². The van der Waals surface area contributed by atoms with Gasteiger partial charge in [0.2, 0.25) is 55.4 Å². The number of carbonyl (C=O) groups excluding carboxylic acids is 8. The minimum Gasteiger partial charge on any atom is -0.497 e. The Bertz CT molecular complexity index is 4350. The third-order valence-electron chi connectivity index (χ3n) is 25.0. The van der Waals surface area contributed by atoms with E-state index in [1.54, 1.807) is 41.9 Å². The monoisotopic (exact) mass is 1640 g/mol. The van der Waals surface area contributed by atoms with Gasteiger partial charge in [0.05, 0.1) is 124 Å². The highest BCUT2D eigenvalue weighted by molar-refractivity contribution is 7.91. The van der Waals surface area contributed by atoms with Gasteiger partial charge in [0.25, 0.3) is 0 Å². The Kier molecular flexibility index (Phi) is 26.5. The fourth-order valence-corrected chi connectivity index (χ4v) is 20.8. The zero-order valence-corrected chi connectivity index (χ0v) is 70.3. The number of amides is 4. The summed E-state index contributed by atoms with van der Waals surface area (Å²) in [5.74, 6) is -2.44. The Morgan fingerprint density at radius 2 is 0.914 bits per heavy atom. The van der Waals surface area contributed by atoms with Crippen molar-refractivity contribution in [3.8, 4) is 23.3 Å². The SMILES string of the molecule is COc1ccc2c(O[C@@H]3C[C@H]4C(=O)C[C@]5(C(=O)NS(=O)(=O)C6CC6)C[C@H]5/C=C\CC[C@@H](C)C[C@@H](C)[C@H](CC(=O)OC(C)C)C(=O)N4C3)nc(N3CCOCC3)cc2c1.COc1ccc2c(O[C@@H]3C[C@H]4C(=O)C[C@]5(C(=O)NS(=O)(=O)C6CC6)C[C@H]5/C=C\CC[C@H](C)C[C@@H](C)[C@H](CC(=O)OC(C)C)C(=O)N4C3)nc(N3CCOCC3)cc2c1. The van der Waals surface area contributed by atoms with Crippen LogP contribution in [-0.2, 0) is 77.4 Å². The average Bonchev–Trinajstić information content (AvgIpc) is 1.56. The molecule has 2 aromatic carbocycles. The molecule has 632 valence electrons. The summed E-state index contributed by atoms with van der Waals surface area (Å²) >= 11 is 0. The van der Waals surface area contributed by atoms with E-state index >= 15 is 0 Å². The second kappa shape index (κ2) is 36.0. The molecule has 116 heavy (non-hydrogen) atoms. The van der Waals surface area contributed by atoms with E-state index in [0.29, 0.717) is 139 Å². The number of methoxy groups -OCH3 is 2. The van der Waals surface area contributed by atoms with E-state index in [0.717, 1.165) is 47.2 Å². The van der Waals surface area contributed by atoms with E-state index in [9.17, 15) is 55.2 Å². The van der Waals surface area contributed by atoms with Crippen molar-refractivity contribution < 1.29 is 93.1 Å². The summed E-state index contributed by atoms with van der Waals surface area (Å²) in [5.41, 5.74) is -2.52. The lowest BCUT2D eigenvalue weighted by molar-refractivity contribution is -0.154. The Hall–Kier alpha value is -8.48. The number of Topliss-reactive ketones (excluding diaryl/α,β-unsaturated/α-hetero) is 2. The number of nitrogens with one attached hydrogen (secondary N) is 2. The van der Waals surface area contributed by atoms with E-state index in [1.165, 1.54) is 9.80 Å². The lowest BCUT2D eigenvalue weighted by Crippen LogP contribution is -2.47. The third-order valence-corrected chi connectivity index (χ3v) is 28.7. The van der Waals surface area contributed by atoms with Gasteiger partial charge in [-0.05, 0) is 200 Å². The van der Waals surface area contributed by atoms with Gasteiger partial charge in [0, 0.05) is 62.6 Å². The van der Waals surface area contributed by atoms with Crippen molar-refractivity contribution in [2.75, 3.05) is 89.7 Å². The van der Waals surface area contributed by atoms with Crippen molar-refractivity contribution in [2.45, 2.75) is 218 Å². The quantitative estimate of drug-likeness (QED) is 0.0613. The van der Waals surface area contributed by atoms with Crippen LogP contribution in [0.3, 0.4) is 0 Å². The van der Waals surface area contributed by atoms with Crippen molar-refractivity contribution >= 4 is 100 Å². The first-order valence-corrected chi connectivity index (χ1v) is 44.9. The van der Waals surface area contributed by atoms with E-state index in [4.69, 9.17) is 47.9 Å². The molecule has 4 aromatic rings. The maximum absolute atomic E-state index is 15.0. The molecular formula is C86H116N8O20S2. The number of allylic oxidation sites excluding steroid dienone is 4. The number of hydrogen-bond donors (Lipinski definition) is 2. The number of hydrogen-bond acceptors (Lipinski definition) is 24. The Labute approximate surface area is 681 Å². The number of esters is 2. The summed E-state index contributed by atoms with van der Waals surface area (Å²) in [6, 6.07) is 13.2. The van der Waals surface area contributed by atoms with Gasteiger partial charge < -0.3 is 57.5 Å². The van der Waals surface area contributed by atoms with Crippen LogP contribution >= 0.6 is 0 Å². The molecule has 14 rings (SSSR count). The summed E-state index contributed by atoms with van der Waals surface area (Å²) in [5, 5.41) is 1.96. The molecule has 0 radical (unpaired) electrons. The third kappa shape index (κ3) is 20.1. The highest BCUT2D eigenvalue weighted by Crippen LogP contribution is 2.59. The van der Waals surface area contributed by atoms with Crippen LogP contribution in [0.25, 0.3) is 21.5 Å². The Morgan fingerprint density at radius 3 is 1.27 bits per heavy atom. The number of aromatic nitrogens is 2. The number of ether oxygens (including phenoxy) is 8. The van der Waals surface area contributed by atoms with Crippen molar-refractivity contribution in [1.29, 1.82) is 0 Å². The number of ketones is 2. The molecule has 0 spiro atoms. The molecule has 4 saturated heterocycles. The van der Waals surface area contributed by atoms with Crippen molar-refractivity contribution in [3.05, 3.63) is 72.8 Å². The van der Waals surface area contributed by atoms with Crippen LogP contribution in [0.4, 0.5) is 11.6 Å². The summed E-state index contributed by atoms with van der Waals surface area (Å²) in [6.45, 7) is 20.2. The van der Waals surface area contributed by atoms with Crippen LogP contribution in [-0.4, -0.2) is 211 Å². The maximum Gasteiger partial charge on any atom is 0.306 e.